The molecule has 2 rings (SSSR count). The molecular formula is C15H16ClN3O3. The summed E-state index contributed by atoms with van der Waals surface area (Å²) in [5.74, 6) is -1.08. The van der Waals surface area contributed by atoms with Crippen molar-refractivity contribution in [3.8, 4) is 0 Å². The lowest BCUT2D eigenvalue weighted by atomic mass is 9.98. The van der Waals surface area contributed by atoms with Crippen LogP contribution in [-0.4, -0.2) is 23.3 Å². The van der Waals surface area contributed by atoms with Gasteiger partial charge in [-0.15, -0.1) is 0 Å². The second-order valence-corrected chi connectivity index (χ2v) is 5.29. The van der Waals surface area contributed by atoms with Crippen molar-refractivity contribution >= 4 is 23.4 Å². The third kappa shape index (κ3) is 4.08. The van der Waals surface area contributed by atoms with Gasteiger partial charge < -0.3 is 15.5 Å². The van der Waals surface area contributed by atoms with Crippen LogP contribution in [0.2, 0.25) is 5.02 Å². The van der Waals surface area contributed by atoms with Gasteiger partial charge in [0.2, 0.25) is 5.91 Å². The highest BCUT2D eigenvalue weighted by molar-refractivity contribution is 6.31. The number of nitrogens with zero attached hydrogens (tertiary/aromatic N) is 1. The van der Waals surface area contributed by atoms with Crippen LogP contribution in [0.1, 0.15) is 22.0 Å². The van der Waals surface area contributed by atoms with E-state index < -0.39 is 17.7 Å². The number of amides is 2. The zero-order valence-electron chi connectivity index (χ0n) is 12.0. The largest absolute Gasteiger partial charge is 0.438 e. The Morgan fingerprint density at radius 2 is 2.14 bits per heavy atom. The molecule has 116 valence electrons. The maximum absolute atomic E-state index is 11.9. The molecule has 1 heterocycles. The normalized spacial score (nSPS) is 11.9. The summed E-state index contributed by atoms with van der Waals surface area (Å²) >= 11 is 6.07. The quantitative estimate of drug-likeness (QED) is 0.846. The van der Waals surface area contributed by atoms with E-state index in [1.165, 1.54) is 6.20 Å². The fourth-order valence-electron chi connectivity index (χ4n) is 1.95. The van der Waals surface area contributed by atoms with Gasteiger partial charge in [-0.05, 0) is 25.0 Å². The van der Waals surface area contributed by atoms with E-state index in [-0.39, 0.29) is 12.4 Å². The van der Waals surface area contributed by atoms with E-state index in [1.54, 1.807) is 19.1 Å². The second kappa shape index (κ2) is 7.09. The molecule has 0 fully saturated rings. The highest BCUT2D eigenvalue weighted by atomic mass is 35.5. The third-order valence-corrected chi connectivity index (χ3v) is 3.52. The molecule has 3 N–H and O–H groups in total. The first-order chi connectivity index (χ1) is 10.5. The van der Waals surface area contributed by atoms with Crippen LogP contribution in [-0.2, 0) is 11.2 Å². The molecule has 1 unspecified atom stereocenters. The zero-order valence-corrected chi connectivity index (χ0v) is 12.8. The Labute approximate surface area is 132 Å². The van der Waals surface area contributed by atoms with Crippen LogP contribution in [0.4, 0.5) is 0 Å². The predicted molar refractivity (Wildman–Crippen MR) is 81.4 cm³/mol. The van der Waals surface area contributed by atoms with Crippen molar-refractivity contribution in [3.63, 3.8) is 0 Å². The van der Waals surface area contributed by atoms with Crippen molar-refractivity contribution < 1.29 is 14.0 Å². The Morgan fingerprint density at radius 3 is 2.73 bits per heavy atom. The molecule has 0 aliphatic heterocycles. The number of aryl methyl sites for hydroxylation is 1. The van der Waals surface area contributed by atoms with Crippen LogP contribution >= 0.6 is 11.6 Å². The van der Waals surface area contributed by atoms with Crippen LogP contribution in [0, 0.1) is 12.8 Å². The lowest BCUT2D eigenvalue weighted by Crippen LogP contribution is -2.37. The summed E-state index contributed by atoms with van der Waals surface area (Å²) in [5.41, 5.74) is 6.19. The number of nitrogens with one attached hydrogen (secondary N) is 1. The lowest BCUT2D eigenvalue weighted by Gasteiger charge is -2.14. The van der Waals surface area contributed by atoms with Crippen LogP contribution < -0.4 is 11.1 Å². The van der Waals surface area contributed by atoms with Gasteiger partial charge in [0.1, 0.15) is 5.76 Å². The van der Waals surface area contributed by atoms with E-state index in [1.807, 2.05) is 12.1 Å². The first-order valence-electron chi connectivity index (χ1n) is 6.70. The highest BCUT2D eigenvalue weighted by Gasteiger charge is 2.20. The van der Waals surface area contributed by atoms with Gasteiger partial charge in [-0.3, -0.25) is 9.59 Å². The molecule has 1 aromatic carbocycles. The number of oxazole rings is 1. The fraction of sp³-hybridized carbons (Fsp3) is 0.267. The molecule has 1 atom stereocenters. The van der Waals surface area contributed by atoms with Gasteiger partial charge in [0.05, 0.1) is 12.1 Å². The van der Waals surface area contributed by atoms with E-state index in [4.69, 9.17) is 21.8 Å². The van der Waals surface area contributed by atoms with E-state index in [0.717, 1.165) is 5.56 Å². The number of halogens is 1. The average Bonchev–Trinajstić information content (AvgIpc) is 2.91. The average molecular weight is 322 g/mol. The van der Waals surface area contributed by atoms with Crippen molar-refractivity contribution in [1.29, 1.82) is 0 Å². The number of hydrogen-bond donors (Lipinski definition) is 2. The van der Waals surface area contributed by atoms with Crippen LogP contribution in [0.25, 0.3) is 0 Å². The molecule has 22 heavy (non-hydrogen) atoms. The molecule has 0 spiro atoms. The Kier molecular flexibility index (Phi) is 5.16. The summed E-state index contributed by atoms with van der Waals surface area (Å²) in [5, 5.41) is 3.15. The first-order valence-corrected chi connectivity index (χ1v) is 7.08. The number of hydrogen-bond acceptors (Lipinski definition) is 4. The molecule has 0 aliphatic carbocycles. The minimum Gasteiger partial charge on any atom is -0.438 e. The van der Waals surface area contributed by atoms with Gasteiger partial charge >= 0.3 is 5.91 Å². The van der Waals surface area contributed by atoms with E-state index in [0.29, 0.717) is 17.2 Å². The number of rotatable bonds is 6. The number of carbonyl (C=O) groups is 2. The molecule has 0 aliphatic rings. The van der Waals surface area contributed by atoms with Crippen molar-refractivity contribution in [2.45, 2.75) is 13.3 Å². The van der Waals surface area contributed by atoms with Crippen molar-refractivity contribution in [3.05, 3.63) is 52.7 Å². The van der Waals surface area contributed by atoms with Crippen LogP contribution in [0.3, 0.4) is 0 Å². The Balaban J connectivity index is 1.99. The highest BCUT2D eigenvalue weighted by Crippen LogP contribution is 2.18. The summed E-state index contributed by atoms with van der Waals surface area (Å²) in [6.45, 7) is 1.77. The van der Waals surface area contributed by atoms with Gasteiger partial charge in [0, 0.05) is 11.6 Å². The molecule has 0 saturated heterocycles. The van der Waals surface area contributed by atoms with E-state index in [2.05, 4.69) is 10.3 Å². The number of nitrogens with two attached hydrogens (primary N) is 1. The molecule has 0 radical (unpaired) electrons. The Hall–Kier alpha value is -2.34. The Morgan fingerprint density at radius 1 is 1.41 bits per heavy atom. The smallest absolute Gasteiger partial charge is 0.307 e. The van der Waals surface area contributed by atoms with Gasteiger partial charge in [-0.2, -0.15) is 0 Å². The third-order valence-electron chi connectivity index (χ3n) is 3.15. The standard InChI is InChI=1S/C15H16ClN3O3/c1-9-7-19-15(22-9)14(21)18-8-11(13(17)20)6-10-4-2-3-5-12(10)16/h2-5,7,11H,6,8H2,1H3,(H2,17,20)(H,18,21). The van der Waals surface area contributed by atoms with Gasteiger partial charge in [0.25, 0.3) is 5.89 Å². The molecule has 0 saturated carbocycles. The molecule has 2 amide bonds. The van der Waals surface area contributed by atoms with Crippen molar-refractivity contribution in [2.75, 3.05) is 6.54 Å². The summed E-state index contributed by atoms with van der Waals surface area (Å²) < 4.78 is 5.12. The summed E-state index contributed by atoms with van der Waals surface area (Å²) in [4.78, 5) is 27.2. The number of aromatic nitrogens is 1. The zero-order chi connectivity index (χ0) is 16.1. The maximum atomic E-state index is 11.9. The molecule has 2 aromatic rings. The molecule has 0 bridgehead atoms. The van der Waals surface area contributed by atoms with Crippen LogP contribution in [0.15, 0.2) is 34.9 Å². The number of carbonyl (C=O) groups excluding carboxylic acids is 2. The molecule has 1 aromatic heterocycles. The van der Waals surface area contributed by atoms with Gasteiger partial charge in [0.15, 0.2) is 0 Å². The fourth-order valence-corrected chi connectivity index (χ4v) is 2.17. The Bertz CT molecular complexity index is 684. The predicted octanol–water partition coefficient (Wildman–Crippen LogP) is 1.71. The molecular weight excluding hydrogens is 306 g/mol. The van der Waals surface area contributed by atoms with Crippen LogP contribution in [0.5, 0.6) is 0 Å². The first kappa shape index (κ1) is 16.0. The van der Waals surface area contributed by atoms with E-state index in [9.17, 15) is 9.59 Å². The topological polar surface area (TPSA) is 98.2 Å². The number of benzene rings is 1. The van der Waals surface area contributed by atoms with Crippen molar-refractivity contribution in [1.82, 2.24) is 10.3 Å². The van der Waals surface area contributed by atoms with Crippen molar-refractivity contribution in [2.24, 2.45) is 11.7 Å². The number of primary amides is 1. The van der Waals surface area contributed by atoms with E-state index >= 15 is 0 Å². The SMILES string of the molecule is Cc1cnc(C(=O)NCC(Cc2ccccc2Cl)C(N)=O)o1. The maximum Gasteiger partial charge on any atom is 0.307 e. The summed E-state index contributed by atoms with van der Waals surface area (Å²) in [7, 11) is 0. The molecule has 7 heteroatoms. The van der Waals surface area contributed by atoms with Gasteiger partial charge in [-0.1, -0.05) is 29.8 Å². The molecule has 6 nitrogen and oxygen atoms in total. The lowest BCUT2D eigenvalue weighted by molar-refractivity contribution is -0.121. The van der Waals surface area contributed by atoms with Gasteiger partial charge in [-0.25, -0.2) is 4.98 Å². The minimum atomic E-state index is -0.570. The monoisotopic (exact) mass is 321 g/mol. The summed E-state index contributed by atoms with van der Waals surface area (Å²) in [6.07, 6.45) is 1.80. The second-order valence-electron chi connectivity index (χ2n) is 4.88. The summed E-state index contributed by atoms with van der Waals surface area (Å²) in [6, 6.07) is 7.19. The minimum absolute atomic E-state index is 0.0431.